The molecule has 1 aromatic heterocycles. The van der Waals surface area contributed by atoms with E-state index in [9.17, 15) is 0 Å². The molecule has 1 atom stereocenters. The van der Waals surface area contributed by atoms with Gasteiger partial charge in [0.25, 0.3) is 0 Å². The Labute approximate surface area is 96.0 Å². The molecule has 5 heteroatoms. The van der Waals surface area contributed by atoms with E-state index in [0.717, 1.165) is 44.6 Å². The van der Waals surface area contributed by atoms with Gasteiger partial charge in [-0.1, -0.05) is 6.92 Å². The second kappa shape index (κ2) is 5.21. The van der Waals surface area contributed by atoms with E-state index in [4.69, 9.17) is 10.5 Å². The van der Waals surface area contributed by atoms with Crippen LogP contribution in [0.15, 0.2) is 6.20 Å². The van der Waals surface area contributed by atoms with Crippen LogP contribution in [-0.2, 0) is 4.74 Å². The number of nitrogens with two attached hydrogens (primary N) is 1. The first-order valence-corrected chi connectivity index (χ1v) is 5.96. The summed E-state index contributed by atoms with van der Waals surface area (Å²) < 4.78 is 5.79. The molecule has 0 saturated carbocycles. The van der Waals surface area contributed by atoms with Gasteiger partial charge in [-0.3, -0.25) is 5.10 Å². The topological polar surface area (TPSA) is 67.2 Å². The van der Waals surface area contributed by atoms with Crippen molar-refractivity contribution in [2.24, 2.45) is 0 Å². The van der Waals surface area contributed by atoms with Gasteiger partial charge in [0.1, 0.15) is 5.82 Å². The minimum absolute atomic E-state index is 0.336. The van der Waals surface area contributed by atoms with E-state index in [1.165, 1.54) is 0 Å². The van der Waals surface area contributed by atoms with Gasteiger partial charge < -0.3 is 15.4 Å². The molecule has 3 N–H and O–H groups in total. The van der Waals surface area contributed by atoms with E-state index in [1.54, 1.807) is 6.20 Å². The van der Waals surface area contributed by atoms with Crippen molar-refractivity contribution in [2.45, 2.75) is 32.3 Å². The van der Waals surface area contributed by atoms with Crippen LogP contribution in [0.3, 0.4) is 0 Å². The first-order chi connectivity index (χ1) is 7.81. The minimum Gasteiger partial charge on any atom is -0.382 e. The normalized spacial score (nSPS) is 21.3. The van der Waals surface area contributed by atoms with Gasteiger partial charge in [0.15, 0.2) is 0 Å². The number of anilines is 2. The summed E-state index contributed by atoms with van der Waals surface area (Å²) in [5.74, 6) is 0.649. The third kappa shape index (κ3) is 2.47. The quantitative estimate of drug-likeness (QED) is 0.811. The van der Waals surface area contributed by atoms with Gasteiger partial charge in [0, 0.05) is 19.7 Å². The predicted octanol–water partition coefficient (Wildman–Crippen LogP) is 1.39. The van der Waals surface area contributed by atoms with Crippen molar-refractivity contribution in [1.82, 2.24) is 10.2 Å². The van der Waals surface area contributed by atoms with Crippen LogP contribution in [0.1, 0.15) is 26.2 Å². The zero-order valence-corrected chi connectivity index (χ0v) is 9.78. The lowest BCUT2D eigenvalue weighted by molar-refractivity contribution is 0.0441. The Morgan fingerprint density at radius 1 is 1.69 bits per heavy atom. The third-order valence-corrected chi connectivity index (χ3v) is 2.92. The van der Waals surface area contributed by atoms with Gasteiger partial charge in [-0.15, -0.1) is 0 Å². The molecule has 1 aliphatic rings. The Bertz CT molecular complexity index is 326. The molecule has 0 spiro atoms. The highest BCUT2D eigenvalue weighted by atomic mass is 16.5. The fourth-order valence-corrected chi connectivity index (χ4v) is 2.12. The monoisotopic (exact) mass is 224 g/mol. The van der Waals surface area contributed by atoms with Crippen molar-refractivity contribution in [3.63, 3.8) is 0 Å². The number of aromatic amines is 1. The van der Waals surface area contributed by atoms with Crippen molar-refractivity contribution in [3.8, 4) is 0 Å². The third-order valence-electron chi connectivity index (χ3n) is 2.92. The number of piperidine rings is 1. The highest BCUT2D eigenvalue weighted by Gasteiger charge is 2.22. The van der Waals surface area contributed by atoms with Gasteiger partial charge >= 0.3 is 0 Å². The molecule has 0 radical (unpaired) electrons. The van der Waals surface area contributed by atoms with Crippen LogP contribution in [0.2, 0.25) is 0 Å². The van der Waals surface area contributed by atoms with E-state index in [0.29, 0.717) is 11.9 Å². The molecule has 1 aliphatic heterocycles. The Balaban J connectivity index is 1.94. The molecule has 0 aromatic carbocycles. The lowest BCUT2D eigenvalue weighted by Crippen LogP contribution is -2.40. The van der Waals surface area contributed by atoms with Gasteiger partial charge in [-0.2, -0.15) is 5.10 Å². The number of rotatable bonds is 4. The van der Waals surface area contributed by atoms with Crippen LogP contribution in [0.4, 0.5) is 11.5 Å². The van der Waals surface area contributed by atoms with E-state index < -0.39 is 0 Å². The summed E-state index contributed by atoms with van der Waals surface area (Å²) in [6, 6.07) is 0. The number of aromatic nitrogens is 2. The summed E-state index contributed by atoms with van der Waals surface area (Å²) in [7, 11) is 0. The molecule has 1 saturated heterocycles. The number of hydrogen-bond acceptors (Lipinski definition) is 4. The first-order valence-electron chi connectivity index (χ1n) is 5.96. The number of hydrogen-bond donors (Lipinski definition) is 2. The molecule has 2 heterocycles. The molecule has 1 unspecified atom stereocenters. The number of ether oxygens (including phenoxy) is 1. The van der Waals surface area contributed by atoms with Crippen molar-refractivity contribution in [1.29, 1.82) is 0 Å². The van der Waals surface area contributed by atoms with E-state index in [1.807, 2.05) is 0 Å². The fourth-order valence-electron chi connectivity index (χ4n) is 2.12. The van der Waals surface area contributed by atoms with Gasteiger partial charge in [-0.05, 0) is 19.3 Å². The van der Waals surface area contributed by atoms with Crippen LogP contribution < -0.4 is 10.6 Å². The second-order valence-electron chi connectivity index (χ2n) is 4.25. The van der Waals surface area contributed by atoms with Crippen molar-refractivity contribution < 1.29 is 4.74 Å². The Morgan fingerprint density at radius 3 is 3.25 bits per heavy atom. The molecule has 1 aromatic rings. The fraction of sp³-hybridized carbons (Fsp3) is 0.727. The second-order valence-corrected chi connectivity index (χ2v) is 4.25. The zero-order chi connectivity index (χ0) is 11.4. The van der Waals surface area contributed by atoms with E-state index in [2.05, 4.69) is 22.0 Å². The van der Waals surface area contributed by atoms with Crippen LogP contribution in [0.25, 0.3) is 0 Å². The predicted molar refractivity (Wildman–Crippen MR) is 64.5 cm³/mol. The van der Waals surface area contributed by atoms with Crippen molar-refractivity contribution >= 4 is 11.5 Å². The van der Waals surface area contributed by atoms with Crippen LogP contribution in [0.5, 0.6) is 0 Å². The van der Waals surface area contributed by atoms with Gasteiger partial charge in [0.2, 0.25) is 0 Å². The smallest absolute Gasteiger partial charge is 0.142 e. The lowest BCUT2D eigenvalue weighted by Gasteiger charge is -2.33. The maximum Gasteiger partial charge on any atom is 0.142 e. The number of H-pyrrole nitrogens is 1. The molecule has 90 valence electrons. The number of nitrogens with zero attached hydrogens (tertiary/aromatic N) is 2. The maximum absolute atomic E-state index is 5.82. The lowest BCUT2D eigenvalue weighted by atomic mass is 10.1. The summed E-state index contributed by atoms with van der Waals surface area (Å²) in [6.07, 6.45) is 5.50. The van der Waals surface area contributed by atoms with E-state index >= 15 is 0 Å². The average Bonchev–Trinajstić information content (AvgIpc) is 2.73. The maximum atomic E-state index is 5.82. The summed E-state index contributed by atoms with van der Waals surface area (Å²) in [5, 5.41) is 6.72. The van der Waals surface area contributed by atoms with Gasteiger partial charge in [0.05, 0.1) is 18.0 Å². The largest absolute Gasteiger partial charge is 0.382 e. The Morgan fingerprint density at radius 2 is 2.56 bits per heavy atom. The molecular formula is C11H20N4O. The Hall–Kier alpha value is -1.23. The van der Waals surface area contributed by atoms with Crippen molar-refractivity contribution in [2.75, 3.05) is 30.3 Å². The summed E-state index contributed by atoms with van der Waals surface area (Å²) in [5.41, 5.74) is 6.82. The zero-order valence-electron chi connectivity index (χ0n) is 9.78. The standard InChI is InChI=1S/C11H20N4O/c1-2-6-16-9-4-3-5-15(8-9)10-7-13-14-11(10)12/h7,9H,2-6,8H2,1H3,(H3,12,13,14). The van der Waals surface area contributed by atoms with Crippen LogP contribution >= 0.6 is 0 Å². The van der Waals surface area contributed by atoms with Crippen LogP contribution in [-0.4, -0.2) is 36.0 Å². The molecule has 0 aliphatic carbocycles. The summed E-state index contributed by atoms with van der Waals surface area (Å²) in [4.78, 5) is 2.25. The highest BCUT2D eigenvalue weighted by molar-refractivity contribution is 5.62. The molecule has 5 nitrogen and oxygen atoms in total. The highest BCUT2D eigenvalue weighted by Crippen LogP contribution is 2.24. The summed E-state index contributed by atoms with van der Waals surface area (Å²) in [6.45, 7) is 4.94. The van der Waals surface area contributed by atoms with Crippen molar-refractivity contribution in [3.05, 3.63) is 6.20 Å². The average molecular weight is 224 g/mol. The number of nitrogens with one attached hydrogen (secondary N) is 1. The van der Waals surface area contributed by atoms with Crippen LogP contribution in [0, 0.1) is 0 Å². The molecule has 0 bridgehead atoms. The molecule has 16 heavy (non-hydrogen) atoms. The number of nitrogen functional groups attached to an aromatic ring is 1. The molecular weight excluding hydrogens is 204 g/mol. The van der Waals surface area contributed by atoms with E-state index in [-0.39, 0.29) is 0 Å². The molecule has 2 rings (SSSR count). The minimum atomic E-state index is 0.336. The Kier molecular flexibility index (Phi) is 3.66. The summed E-state index contributed by atoms with van der Waals surface area (Å²) >= 11 is 0. The SMILES string of the molecule is CCCOC1CCCN(c2cn[nH]c2N)C1. The molecule has 0 amide bonds. The molecule has 1 fully saturated rings. The first kappa shape index (κ1) is 11.3. The van der Waals surface area contributed by atoms with Gasteiger partial charge in [-0.25, -0.2) is 0 Å².